The first-order chi connectivity index (χ1) is 11.6. The lowest BCUT2D eigenvalue weighted by molar-refractivity contribution is -0.138. The monoisotopic (exact) mass is 334 g/mol. The van der Waals surface area contributed by atoms with E-state index in [2.05, 4.69) is 16.2 Å². The van der Waals surface area contributed by atoms with Crippen molar-refractivity contribution in [2.24, 2.45) is 18.4 Å². The quantitative estimate of drug-likeness (QED) is 0.783. The number of ether oxygens (including phenoxy) is 2. The van der Waals surface area contributed by atoms with Crippen LogP contribution in [-0.2, 0) is 27.9 Å². The minimum atomic E-state index is -0.0163. The summed E-state index contributed by atoms with van der Waals surface area (Å²) in [5.41, 5.74) is 1.21. The Morgan fingerprint density at radius 3 is 2.96 bits per heavy atom. The molecule has 1 amide bonds. The summed E-state index contributed by atoms with van der Waals surface area (Å²) in [6.07, 6.45) is 4.59. The number of carbonyl (C=O) groups excluding carboxylic acids is 1. The van der Waals surface area contributed by atoms with E-state index in [1.807, 2.05) is 22.8 Å². The van der Waals surface area contributed by atoms with E-state index in [-0.39, 0.29) is 11.3 Å². The van der Waals surface area contributed by atoms with Gasteiger partial charge in [-0.3, -0.25) is 14.4 Å². The summed E-state index contributed by atoms with van der Waals surface area (Å²) in [4.78, 5) is 17.2. The van der Waals surface area contributed by atoms with Crippen molar-refractivity contribution < 1.29 is 14.3 Å². The largest absolute Gasteiger partial charge is 0.380 e. The van der Waals surface area contributed by atoms with Crippen LogP contribution in [0.15, 0.2) is 12.4 Å². The molecule has 0 bridgehead atoms. The number of aromatic nitrogens is 2. The number of hydrogen-bond donors (Lipinski definition) is 0. The van der Waals surface area contributed by atoms with Crippen LogP contribution >= 0.6 is 0 Å². The molecule has 4 heterocycles. The van der Waals surface area contributed by atoms with Gasteiger partial charge in [0.25, 0.3) is 0 Å². The molecule has 0 saturated carbocycles. The van der Waals surface area contributed by atoms with E-state index in [0.717, 1.165) is 39.3 Å². The van der Waals surface area contributed by atoms with Gasteiger partial charge in [-0.1, -0.05) is 0 Å². The first-order valence-corrected chi connectivity index (χ1v) is 8.78. The number of amides is 1. The highest BCUT2D eigenvalue weighted by atomic mass is 16.5. The third-order valence-electron chi connectivity index (χ3n) is 5.62. The number of fused-ring (bicyclic) bond motifs is 1. The Hall–Kier alpha value is -1.44. The molecular weight excluding hydrogens is 308 g/mol. The van der Waals surface area contributed by atoms with Crippen molar-refractivity contribution in [1.82, 2.24) is 19.6 Å². The van der Waals surface area contributed by atoms with Gasteiger partial charge >= 0.3 is 0 Å². The molecule has 3 aliphatic heterocycles. The minimum absolute atomic E-state index is 0.0163. The highest BCUT2D eigenvalue weighted by Gasteiger charge is 2.51. The maximum Gasteiger partial charge on any atom is 0.223 e. The van der Waals surface area contributed by atoms with E-state index in [0.29, 0.717) is 32.2 Å². The fraction of sp³-hybridized carbons (Fsp3) is 0.765. The predicted octanol–water partition coefficient (Wildman–Crippen LogP) is 0.117. The maximum atomic E-state index is 12.7. The minimum Gasteiger partial charge on any atom is -0.380 e. The summed E-state index contributed by atoms with van der Waals surface area (Å²) < 4.78 is 13.0. The van der Waals surface area contributed by atoms with Gasteiger partial charge in [0.05, 0.1) is 32.6 Å². The van der Waals surface area contributed by atoms with Crippen molar-refractivity contribution in [1.29, 1.82) is 0 Å². The number of hydrogen-bond acceptors (Lipinski definition) is 5. The molecule has 0 aromatic carbocycles. The topological polar surface area (TPSA) is 59.8 Å². The molecule has 3 fully saturated rings. The zero-order valence-corrected chi connectivity index (χ0v) is 14.3. The number of morpholine rings is 1. The van der Waals surface area contributed by atoms with Crippen LogP contribution in [0, 0.1) is 11.3 Å². The standard InChI is InChI=1S/C17H26N4O3/c1-19-8-14(7-18-19)9-20-10-15-11-24-13-17(15,12-20)6-16(22)21-2-4-23-5-3-21/h7-8,15H,2-6,9-13H2,1H3/t15-,17+/m1/s1. The molecule has 1 aromatic heterocycles. The van der Waals surface area contributed by atoms with Crippen molar-refractivity contribution >= 4 is 5.91 Å². The fourth-order valence-corrected chi connectivity index (χ4v) is 4.35. The molecule has 4 rings (SSSR count). The third kappa shape index (κ3) is 3.08. The Kier molecular flexibility index (Phi) is 4.32. The van der Waals surface area contributed by atoms with Crippen molar-refractivity contribution in [3.8, 4) is 0 Å². The average Bonchev–Trinajstić information content (AvgIpc) is 3.22. The van der Waals surface area contributed by atoms with E-state index in [1.165, 1.54) is 5.56 Å². The zero-order valence-electron chi connectivity index (χ0n) is 14.3. The molecule has 1 aromatic rings. The second-order valence-corrected chi connectivity index (χ2v) is 7.44. The highest BCUT2D eigenvalue weighted by molar-refractivity contribution is 5.77. The van der Waals surface area contributed by atoms with E-state index in [9.17, 15) is 4.79 Å². The summed E-state index contributed by atoms with van der Waals surface area (Å²) >= 11 is 0. The summed E-state index contributed by atoms with van der Waals surface area (Å²) in [5.74, 6) is 0.719. The van der Waals surface area contributed by atoms with Crippen molar-refractivity contribution in [3.63, 3.8) is 0 Å². The Labute approximate surface area is 142 Å². The first-order valence-electron chi connectivity index (χ1n) is 8.78. The molecule has 0 spiro atoms. The normalized spacial score (nSPS) is 30.7. The van der Waals surface area contributed by atoms with Crippen LogP contribution in [0.3, 0.4) is 0 Å². The molecule has 7 nitrogen and oxygen atoms in total. The predicted molar refractivity (Wildman–Crippen MR) is 87.2 cm³/mol. The molecule has 0 radical (unpaired) electrons. The van der Waals surface area contributed by atoms with Gasteiger partial charge in [-0.05, 0) is 0 Å². The van der Waals surface area contributed by atoms with Gasteiger partial charge < -0.3 is 14.4 Å². The number of rotatable bonds is 4. The second kappa shape index (κ2) is 6.46. The number of carbonyl (C=O) groups is 1. The third-order valence-corrected chi connectivity index (χ3v) is 5.62. The molecule has 3 aliphatic rings. The van der Waals surface area contributed by atoms with Gasteiger partial charge in [0.2, 0.25) is 5.91 Å². The van der Waals surface area contributed by atoms with E-state index >= 15 is 0 Å². The Bertz CT molecular complexity index is 598. The number of nitrogens with zero attached hydrogens (tertiary/aromatic N) is 4. The summed E-state index contributed by atoms with van der Waals surface area (Å²) in [7, 11) is 1.94. The van der Waals surface area contributed by atoms with Crippen LogP contribution in [0.2, 0.25) is 0 Å². The lowest BCUT2D eigenvalue weighted by Crippen LogP contribution is -2.44. The van der Waals surface area contributed by atoms with Gasteiger partial charge in [-0.25, -0.2) is 0 Å². The van der Waals surface area contributed by atoms with Gasteiger partial charge in [0.1, 0.15) is 0 Å². The highest BCUT2D eigenvalue weighted by Crippen LogP contribution is 2.44. The van der Waals surface area contributed by atoms with Crippen LogP contribution in [0.4, 0.5) is 0 Å². The van der Waals surface area contributed by atoms with Gasteiger partial charge in [-0.15, -0.1) is 0 Å². The van der Waals surface area contributed by atoms with Gasteiger partial charge in [0, 0.05) is 69.3 Å². The summed E-state index contributed by atoms with van der Waals surface area (Å²) in [6, 6.07) is 0. The van der Waals surface area contributed by atoms with E-state index < -0.39 is 0 Å². The van der Waals surface area contributed by atoms with E-state index in [4.69, 9.17) is 9.47 Å². The van der Waals surface area contributed by atoms with Crippen molar-refractivity contribution in [2.45, 2.75) is 13.0 Å². The molecule has 24 heavy (non-hydrogen) atoms. The fourth-order valence-electron chi connectivity index (χ4n) is 4.35. The Morgan fingerprint density at radius 1 is 1.38 bits per heavy atom. The summed E-state index contributed by atoms with van der Waals surface area (Å²) in [5, 5.41) is 4.25. The number of aryl methyl sites for hydroxylation is 1. The molecule has 2 atom stereocenters. The first kappa shape index (κ1) is 16.1. The van der Waals surface area contributed by atoms with E-state index in [1.54, 1.807) is 0 Å². The SMILES string of the molecule is Cn1cc(CN2C[C@@H]3COC[C@]3(CC(=O)N3CCOCC3)C2)cn1. The zero-order chi connectivity index (χ0) is 16.6. The van der Waals surface area contributed by atoms with Crippen LogP contribution in [0.1, 0.15) is 12.0 Å². The molecule has 132 valence electrons. The lowest BCUT2D eigenvalue weighted by Gasteiger charge is -2.32. The van der Waals surface area contributed by atoms with Crippen LogP contribution in [0.25, 0.3) is 0 Å². The average molecular weight is 334 g/mol. The van der Waals surface area contributed by atoms with Crippen molar-refractivity contribution in [3.05, 3.63) is 18.0 Å². The lowest BCUT2D eigenvalue weighted by atomic mass is 9.77. The molecule has 7 heteroatoms. The molecular formula is C17H26N4O3. The van der Waals surface area contributed by atoms with Crippen LogP contribution in [0.5, 0.6) is 0 Å². The molecule has 0 N–H and O–H groups in total. The van der Waals surface area contributed by atoms with Crippen LogP contribution in [-0.4, -0.2) is 78.1 Å². The summed E-state index contributed by atoms with van der Waals surface area (Å²) in [6.45, 7) is 7.08. The smallest absolute Gasteiger partial charge is 0.223 e. The van der Waals surface area contributed by atoms with Crippen LogP contribution < -0.4 is 0 Å². The Morgan fingerprint density at radius 2 is 2.21 bits per heavy atom. The molecule has 0 aliphatic carbocycles. The second-order valence-electron chi connectivity index (χ2n) is 7.44. The Balaban J connectivity index is 1.41. The maximum absolute atomic E-state index is 12.7. The molecule has 3 saturated heterocycles. The molecule has 0 unspecified atom stereocenters. The van der Waals surface area contributed by atoms with Gasteiger partial charge in [0.15, 0.2) is 0 Å². The van der Waals surface area contributed by atoms with Gasteiger partial charge in [-0.2, -0.15) is 5.10 Å². The number of likely N-dealkylation sites (tertiary alicyclic amines) is 1. The van der Waals surface area contributed by atoms with Crippen molar-refractivity contribution in [2.75, 3.05) is 52.6 Å².